The molecule has 0 spiro atoms. The molecule has 0 radical (unpaired) electrons. The van der Waals surface area contributed by atoms with Crippen molar-refractivity contribution in [2.75, 3.05) is 5.75 Å². The predicted octanol–water partition coefficient (Wildman–Crippen LogP) is 4.79. The molecule has 0 fully saturated rings. The van der Waals surface area contributed by atoms with E-state index in [1.165, 1.54) is 11.8 Å². The van der Waals surface area contributed by atoms with Crippen molar-refractivity contribution in [3.05, 3.63) is 89.2 Å². The molecule has 0 saturated heterocycles. The number of carbonyl (C=O) groups is 1. The summed E-state index contributed by atoms with van der Waals surface area (Å²) in [6, 6.07) is 24.0. The number of rotatable bonds is 7. The van der Waals surface area contributed by atoms with Crippen LogP contribution in [0.15, 0.2) is 88.8 Å². The molecule has 7 heteroatoms. The van der Waals surface area contributed by atoms with E-state index in [2.05, 4.69) is 10.3 Å². The van der Waals surface area contributed by atoms with E-state index in [0.29, 0.717) is 27.5 Å². The van der Waals surface area contributed by atoms with E-state index in [-0.39, 0.29) is 23.3 Å². The largest absolute Gasteiger partial charge is 0.457 e. The maximum Gasteiger partial charge on any atom is 0.266 e. The van der Waals surface area contributed by atoms with E-state index in [4.69, 9.17) is 4.74 Å². The molecule has 0 saturated carbocycles. The zero-order valence-corrected chi connectivity index (χ0v) is 18.6. The van der Waals surface area contributed by atoms with Gasteiger partial charge in [-0.2, -0.15) is 0 Å². The van der Waals surface area contributed by atoms with Gasteiger partial charge in [-0.15, -0.1) is 0 Å². The van der Waals surface area contributed by atoms with Crippen LogP contribution in [0.2, 0.25) is 0 Å². The Morgan fingerprint density at radius 1 is 0.969 bits per heavy atom. The third kappa shape index (κ3) is 5.00. The Balaban J connectivity index is 1.69. The Morgan fingerprint density at radius 2 is 1.62 bits per heavy atom. The number of aromatic nitrogens is 2. The summed E-state index contributed by atoms with van der Waals surface area (Å²) in [5.41, 5.74) is 1.07. The van der Waals surface area contributed by atoms with Gasteiger partial charge in [0.2, 0.25) is 5.91 Å². The number of ether oxygens (including phenoxy) is 1. The van der Waals surface area contributed by atoms with Gasteiger partial charge >= 0.3 is 0 Å². The van der Waals surface area contributed by atoms with Crippen LogP contribution in [0.1, 0.15) is 13.8 Å². The molecular formula is C25H23N3O3S. The maximum absolute atomic E-state index is 13.3. The van der Waals surface area contributed by atoms with E-state index in [1.54, 1.807) is 16.7 Å². The Bertz CT molecular complexity index is 1290. The maximum atomic E-state index is 13.3. The summed E-state index contributed by atoms with van der Waals surface area (Å²) in [6.07, 6.45) is 0. The number of fused-ring (bicyclic) bond motifs is 1. The lowest BCUT2D eigenvalue weighted by molar-refractivity contribution is -0.119. The van der Waals surface area contributed by atoms with Crippen LogP contribution in [0, 0.1) is 0 Å². The van der Waals surface area contributed by atoms with Gasteiger partial charge in [-0.1, -0.05) is 42.1 Å². The summed E-state index contributed by atoms with van der Waals surface area (Å²) < 4.78 is 7.40. The topological polar surface area (TPSA) is 73.2 Å². The lowest BCUT2D eigenvalue weighted by Gasteiger charge is -2.14. The monoisotopic (exact) mass is 445 g/mol. The molecule has 1 heterocycles. The number of thioether (sulfide) groups is 1. The second-order valence-electron chi connectivity index (χ2n) is 7.47. The van der Waals surface area contributed by atoms with E-state index in [1.807, 2.05) is 80.6 Å². The molecule has 32 heavy (non-hydrogen) atoms. The molecule has 6 nitrogen and oxygen atoms in total. The Hall–Kier alpha value is -3.58. The zero-order valence-electron chi connectivity index (χ0n) is 17.8. The van der Waals surface area contributed by atoms with E-state index >= 15 is 0 Å². The highest BCUT2D eigenvalue weighted by molar-refractivity contribution is 7.99. The van der Waals surface area contributed by atoms with E-state index < -0.39 is 0 Å². The van der Waals surface area contributed by atoms with Crippen LogP contribution in [0.5, 0.6) is 11.5 Å². The first-order valence-electron chi connectivity index (χ1n) is 10.3. The number of nitrogens with one attached hydrogen (secondary N) is 1. The normalized spacial score (nSPS) is 11.0. The minimum atomic E-state index is -0.181. The number of benzene rings is 3. The van der Waals surface area contributed by atoms with Crippen molar-refractivity contribution in [1.29, 1.82) is 0 Å². The fraction of sp³-hybridized carbons (Fsp3) is 0.160. The molecule has 1 amide bonds. The predicted molar refractivity (Wildman–Crippen MR) is 128 cm³/mol. The quantitative estimate of drug-likeness (QED) is 0.327. The summed E-state index contributed by atoms with van der Waals surface area (Å²) in [4.78, 5) is 30.2. The lowest BCUT2D eigenvalue weighted by atomic mass is 10.2. The molecule has 3 aromatic carbocycles. The lowest BCUT2D eigenvalue weighted by Crippen LogP contribution is -2.32. The smallest absolute Gasteiger partial charge is 0.266 e. The van der Waals surface area contributed by atoms with Gasteiger partial charge in [0.05, 0.1) is 22.3 Å². The van der Waals surface area contributed by atoms with Crippen LogP contribution >= 0.6 is 11.8 Å². The number of hydrogen-bond acceptors (Lipinski definition) is 5. The SMILES string of the molecule is CC(C)NC(=O)CSc1nc2ccccc2c(=O)n1-c1ccc(Oc2ccccc2)cc1. The molecule has 1 aromatic heterocycles. The summed E-state index contributed by atoms with van der Waals surface area (Å²) >= 11 is 1.24. The first kappa shape index (κ1) is 21.6. The highest BCUT2D eigenvalue weighted by atomic mass is 32.2. The summed E-state index contributed by atoms with van der Waals surface area (Å²) in [7, 11) is 0. The molecule has 4 rings (SSSR count). The molecule has 0 aliphatic heterocycles. The number of nitrogens with zero attached hydrogens (tertiary/aromatic N) is 2. The van der Waals surface area contributed by atoms with Gasteiger partial charge in [0.15, 0.2) is 5.16 Å². The van der Waals surface area contributed by atoms with E-state index in [9.17, 15) is 9.59 Å². The van der Waals surface area contributed by atoms with Crippen LogP contribution in [-0.4, -0.2) is 27.3 Å². The molecule has 1 N–H and O–H groups in total. The fourth-order valence-corrected chi connectivity index (χ4v) is 4.04. The van der Waals surface area contributed by atoms with Crippen LogP contribution in [0.25, 0.3) is 16.6 Å². The van der Waals surface area contributed by atoms with Crippen molar-refractivity contribution in [1.82, 2.24) is 14.9 Å². The van der Waals surface area contributed by atoms with Crippen molar-refractivity contribution < 1.29 is 9.53 Å². The highest BCUT2D eigenvalue weighted by Crippen LogP contribution is 2.25. The summed E-state index contributed by atoms with van der Waals surface area (Å²) in [5.74, 6) is 1.45. The number of amides is 1. The second-order valence-corrected chi connectivity index (χ2v) is 8.41. The molecule has 0 atom stereocenters. The third-order valence-electron chi connectivity index (χ3n) is 4.60. The molecule has 0 unspecified atom stereocenters. The Labute approximate surface area is 190 Å². The number of para-hydroxylation sites is 2. The summed E-state index contributed by atoms with van der Waals surface area (Å²) in [6.45, 7) is 3.82. The molecule has 0 bridgehead atoms. The van der Waals surface area contributed by atoms with Crippen LogP contribution in [0.3, 0.4) is 0 Å². The Morgan fingerprint density at radius 3 is 2.34 bits per heavy atom. The number of carbonyl (C=O) groups excluding carboxylic acids is 1. The molecular weight excluding hydrogens is 422 g/mol. The van der Waals surface area contributed by atoms with Gasteiger partial charge < -0.3 is 10.1 Å². The first-order valence-corrected chi connectivity index (χ1v) is 11.3. The minimum absolute atomic E-state index is 0.0482. The average molecular weight is 446 g/mol. The fourth-order valence-electron chi connectivity index (χ4n) is 3.22. The molecule has 0 aliphatic carbocycles. The van der Waals surface area contributed by atoms with Crippen LogP contribution in [0.4, 0.5) is 0 Å². The zero-order chi connectivity index (χ0) is 22.5. The van der Waals surface area contributed by atoms with E-state index in [0.717, 1.165) is 5.75 Å². The minimum Gasteiger partial charge on any atom is -0.457 e. The third-order valence-corrected chi connectivity index (χ3v) is 5.54. The van der Waals surface area contributed by atoms with Crippen molar-refractivity contribution >= 4 is 28.6 Å². The van der Waals surface area contributed by atoms with Gasteiger partial charge in [0, 0.05) is 6.04 Å². The van der Waals surface area contributed by atoms with Crippen molar-refractivity contribution in [2.24, 2.45) is 0 Å². The molecule has 4 aromatic rings. The van der Waals surface area contributed by atoms with Gasteiger partial charge in [0.25, 0.3) is 5.56 Å². The first-order chi connectivity index (χ1) is 15.5. The van der Waals surface area contributed by atoms with Crippen LogP contribution in [-0.2, 0) is 4.79 Å². The highest BCUT2D eigenvalue weighted by Gasteiger charge is 2.15. The van der Waals surface area contributed by atoms with Gasteiger partial charge in [-0.3, -0.25) is 14.2 Å². The molecule has 0 aliphatic rings. The standard InChI is InChI=1S/C25H23N3O3S/c1-17(2)26-23(29)16-32-25-27-22-11-7-6-10-21(22)24(30)28(25)18-12-14-20(15-13-18)31-19-8-4-3-5-9-19/h3-15,17H,16H2,1-2H3,(H,26,29). The van der Waals surface area contributed by atoms with Crippen molar-refractivity contribution in [3.63, 3.8) is 0 Å². The Kier molecular flexibility index (Phi) is 6.56. The van der Waals surface area contributed by atoms with Gasteiger partial charge in [-0.05, 0) is 62.4 Å². The number of hydrogen-bond donors (Lipinski definition) is 1. The molecule has 162 valence electrons. The van der Waals surface area contributed by atoms with Crippen molar-refractivity contribution in [3.8, 4) is 17.2 Å². The van der Waals surface area contributed by atoms with Gasteiger partial charge in [-0.25, -0.2) is 4.98 Å². The van der Waals surface area contributed by atoms with Crippen molar-refractivity contribution in [2.45, 2.75) is 25.0 Å². The summed E-state index contributed by atoms with van der Waals surface area (Å²) in [5, 5.41) is 3.85. The van der Waals surface area contributed by atoms with Crippen LogP contribution < -0.4 is 15.6 Å². The second kappa shape index (κ2) is 9.70. The average Bonchev–Trinajstić information content (AvgIpc) is 2.79. The van der Waals surface area contributed by atoms with Gasteiger partial charge in [0.1, 0.15) is 11.5 Å².